The summed E-state index contributed by atoms with van der Waals surface area (Å²) in [5, 5.41) is 5.41. The van der Waals surface area contributed by atoms with Gasteiger partial charge in [0, 0.05) is 26.1 Å². The van der Waals surface area contributed by atoms with Crippen LogP contribution in [0.5, 0.6) is 0 Å². The van der Waals surface area contributed by atoms with Crippen LogP contribution in [0.25, 0.3) is 10.2 Å². The highest BCUT2D eigenvalue weighted by Crippen LogP contribution is 2.25. The van der Waals surface area contributed by atoms with E-state index in [1.165, 1.54) is 0 Å². The van der Waals surface area contributed by atoms with Crippen molar-refractivity contribution in [2.75, 3.05) is 25.0 Å². The molecule has 1 saturated heterocycles. The molecule has 3 rings (SSSR count). The summed E-state index contributed by atoms with van der Waals surface area (Å²) in [6.07, 6.45) is 3.30. The van der Waals surface area contributed by atoms with E-state index >= 15 is 0 Å². The van der Waals surface area contributed by atoms with E-state index in [9.17, 15) is 4.79 Å². The second kappa shape index (κ2) is 5.75. The lowest BCUT2D eigenvalue weighted by Gasteiger charge is -2.21. The summed E-state index contributed by atoms with van der Waals surface area (Å²) in [5.41, 5.74) is 0.981. The molecular formula is C14H18N4OS. The Morgan fingerprint density at radius 3 is 3.20 bits per heavy atom. The number of hydrogen-bond donors (Lipinski definition) is 1. The first-order chi connectivity index (χ1) is 9.74. The fraction of sp³-hybridized carbons (Fsp3) is 0.500. The summed E-state index contributed by atoms with van der Waals surface area (Å²) >= 11 is 1.65. The van der Waals surface area contributed by atoms with Crippen LogP contribution in [0.2, 0.25) is 0 Å². The Morgan fingerprint density at radius 1 is 1.50 bits per heavy atom. The Kier molecular flexibility index (Phi) is 3.82. The van der Waals surface area contributed by atoms with Crippen molar-refractivity contribution in [2.45, 2.75) is 19.8 Å². The van der Waals surface area contributed by atoms with Crippen LogP contribution in [0, 0.1) is 5.92 Å². The SMILES string of the molecule is C[C@H](CNc1ncnc2ccsc12)CN1CCCC1=O. The summed E-state index contributed by atoms with van der Waals surface area (Å²) in [4.78, 5) is 22.1. The first kappa shape index (κ1) is 13.3. The Bertz CT molecular complexity index is 612. The van der Waals surface area contributed by atoms with Gasteiger partial charge in [-0.05, 0) is 23.8 Å². The van der Waals surface area contributed by atoms with E-state index in [2.05, 4.69) is 22.2 Å². The number of carbonyl (C=O) groups excluding carboxylic acids is 1. The van der Waals surface area contributed by atoms with Crippen LogP contribution in [0.3, 0.4) is 0 Å². The second-order valence-corrected chi connectivity index (χ2v) is 6.20. The van der Waals surface area contributed by atoms with Crippen molar-refractivity contribution in [3.8, 4) is 0 Å². The van der Waals surface area contributed by atoms with Gasteiger partial charge in [-0.15, -0.1) is 11.3 Å². The molecule has 2 aromatic rings. The standard InChI is InChI=1S/C14H18N4OS/c1-10(8-18-5-2-3-12(18)19)7-15-14-13-11(4-6-20-13)16-9-17-14/h4,6,9-10H,2-3,5,7-8H2,1H3,(H,15,16,17)/t10-/m1/s1. The van der Waals surface area contributed by atoms with Crippen LogP contribution >= 0.6 is 11.3 Å². The maximum Gasteiger partial charge on any atom is 0.222 e. The quantitative estimate of drug-likeness (QED) is 0.918. The normalized spacial score (nSPS) is 16.9. The zero-order valence-corrected chi connectivity index (χ0v) is 12.3. The molecule has 106 valence electrons. The number of fused-ring (bicyclic) bond motifs is 1. The van der Waals surface area contributed by atoms with E-state index in [0.717, 1.165) is 42.1 Å². The predicted molar refractivity (Wildman–Crippen MR) is 80.9 cm³/mol. The highest BCUT2D eigenvalue weighted by atomic mass is 32.1. The molecule has 0 unspecified atom stereocenters. The number of rotatable bonds is 5. The van der Waals surface area contributed by atoms with Crippen molar-refractivity contribution in [1.82, 2.24) is 14.9 Å². The van der Waals surface area contributed by atoms with E-state index in [0.29, 0.717) is 18.2 Å². The van der Waals surface area contributed by atoms with Gasteiger partial charge in [-0.25, -0.2) is 9.97 Å². The van der Waals surface area contributed by atoms with Crippen molar-refractivity contribution in [1.29, 1.82) is 0 Å². The van der Waals surface area contributed by atoms with Gasteiger partial charge in [0.1, 0.15) is 12.1 Å². The van der Waals surface area contributed by atoms with Gasteiger partial charge in [0.05, 0.1) is 10.2 Å². The molecule has 5 nitrogen and oxygen atoms in total. The number of anilines is 1. The number of hydrogen-bond acceptors (Lipinski definition) is 5. The van der Waals surface area contributed by atoms with Crippen LogP contribution in [0.1, 0.15) is 19.8 Å². The molecular weight excluding hydrogens is 272 g/mol. The summed E-state index contributed by atoms with van der Waals surface area (Å²) in [5.74, 6) is 1.59. The number of nitrogens with zero attached hydrogens (tertiary/aromatic N) is 3. The molecule has 0 spiro atoms. The highest BCUT2D eigenvalue weighted by Gasteiger charge is 2.21. The third-order valence-electron chi connectivity index (χ3n) is 3.56. The molecule has 1 aliphatic heterocycles. The number of aromatic nitrogens is 2. The Morgan fingerprint density at radius 2 is 2.40 bits per heavy atom. The molecule has 0 aromatic carbocycles. The number of thiophene rings is 1. The van der Waals surface area contributed by atoms with E-state index in [-0.39, 0.29) is 0 Å². The zero-order chi connectivity index (χ0) is 13.9. The van der Waals surface area contributed by atoms with Gasteiger partial charge >= 0.3 is 0 Å². The van der Waals surface area contributed by atoms with Crippen LogP contribution in [0.15, 0.2) is 17.8 Å². The summed E-state index contributed by atoms with van der Waals surface area (Å²) < 4.78 is 1.09. The van der Waals surface area contributed by atoms with Crippen LogP contribution in [0.4, 0.5) is 5.82 Å². The fourth-order valence-corrected chi connectivity index (χ4v) is 3.33. The molecule has 3 heterocycles. The lowest BCUT2D eigenvalue weighted by molar-refractivity contribution is -0.128. The minimum atomic E-state index is 0.291. The zero-order valence-electron chi connectivity index (χ0n) is 11.5. The van der Waals surface area contributed by atoms with Gasteiger partial charge in [0.25, 0.3) is 0 Å². The third-order valence-corrected chi connectivity index (χ3v) is 4.47. The lowest BCUT2D eigenvalue weighted by atomic mass is 10.1. The maximum atomic E-state index is 11.6. The molecule has 1 fully saturated rings. The minimum absolute atomic E-state index is 0.291. The highest BCUT2D eigenvalue weighted by molar-refractivity contribution is 7.17. The van der Waals surface area contributed by atoms with E-state index in [1.807, 2.05) is 16.3 Å². The van der Waals surface area contributed by atoms with Crippen molar-refractivity contribution < 1.29 is 4.79 Å². The maximum absolute atomic E-state index is 11.6. The molecule has 6 heteroatoms. The number of likely N-dealkylation sites (tertiary alicyclic amines) is 1. The first-order valence-corrected chi connectivity index (χ1v) is 7.82. The molecule has 1 amide bonds. The summed E-state index contributed by atoms with van der Waals surface area (Å²) in [6, 6.07) is 2.00. The van der Waals surface area contributed by atoms with Crippen LogP contribution in [-0.2, 0) is 4.79 Å². The minimum Gasteiger partial charge on any atom is -0.368 e. The third kappa shape index (κ3) is 2.75. The van der Waals surface area contributed by atoms with Crippen molar-refractivity contribution >= 4 is 33.3 Å². The number of amides is 1. The van der Waals surface area contributed by atoms with Gasteiger partial charge in [-0.1, -0.05) is 6.92 Å². The smallest absolute Gasteiger partial charge is 0.222 e. The Hall–Kier alpha value is -1.69. The predicted octanol–water partition coefficient (Wildman–Crippen LogP) is 2.36. The average molecular weight is 290 g/mol. The summed E-state index contributed by atoms with van der Waals surface area (Å²) in [6.45, 7) is 4.70. The molecule has 1 atom stereocenters. The van der Waals surface area contributed by atoms with Crippen molar-refractivity contribution in [3.05, 3.63) is 17.8 Å². The molecule has 0 aliphatic carbocycles. The van der Waals surface area contributed by atoms with Crippen LogP contribution < -0.4 is 5.32 Å². The number of nitrogens with one attached hydrogen (secondary N) is 1. The van der Waals surface area contributed by atoms with Gasteiger partial charge in [0.2, 0.25) is 5.91 Å². The molecule has 20 heavy (non-hydrogen) atoms. The topological polar surface area (TPSA) is 58.1 Å². The average Bonchev–Trinajstić information content (AvgIpc) is 3.06. The van der Waals surface area contributed by atoms with Gasteiger partial charge in [-0.2, -0.15) is 0 Å². The largest absolute Gasteiger partial charge is 0.368 e. The fourth-order valence-electron chi connectivity index (χ4n) is 2.52. The van der Waals surface area contributed by atoms with E-state index in [4.69, 9.17) is 0 Å². The summed E-state index contributed by atoms with van der Waals surface area (Å²) in [7, 11) is 0. The molecule has 0 bridgehead atoms. The van der Waals surface area contributed by atoms with Crippen LogP contribution in [-0.4, -0.2) is 40.4 Å². The number of carbonyl (C=O) groups is 1. The van der Waals surface area contributed by atoms with Gasteiger partial charge in [-0.3, -0.25) is 4.79 Å². The second-order valence-electron chi connectivity index (χ2n) is 5.29. The van der Waals surface area contributed by atoms with Gasteiger partial charge in [0.15, 0.2) is 0 Å². The Balaban J connectivity index is 1.58. The Labute approximate surface area is 122 Å². The molecule has 2 aromatic heterocycles. The van der Waals surface area contributed by atoms with E-state index in [1.54, 1.807) is 17.7 Å². The van der Waals surface area contributed by atoms with E-state index < -0.39 is 0 Å². The molecule has 0 saturated carbocycles. The monoisotopic (exact) mass is 290 g/mol. The molecule has 1 N–H and O–H groups in total. The van der Waals surface area contributed by atoms with Crippen molar-refractivity contribution in [3.63, 3.8) is 0 Å². The first-order valence-electron chi connectivity index (χ1n) is 6.94. The lowest BCUT2D eigenvalue weighted by Crippen LogP contribution is -2.32. The molecule has 1 aliphatic rings. The molecule has 0 radical (unpaired) electrons. The van der Waals surface area contributed by atoms with Gasteiger partial charge < -0.3 is 10.2 Å². The van der Waals surface area contributed by atoms with Crippen molar-refractivity contribution in [2.24, 2.45) is 5.92 Å².